The lowest BCUT2D eigenvalue weighted by Gasteiger charge is -2.08. The van der Waals surface area contributed by atoms with Crippen molar-refractivity contribution in [1.29, 1.82) is 0 Å². The first-order valence-corrected chi connectivity index (χ1v) is 5.19. The van der Waals surface area contributed by atoms with E-state index in [2.05, 4.69) is 0 Å². The van der Waals surface area contributed by atoms with Crippen LogP contribution in [-0.4, -0.2) is 24.2 Å². The smallest absolute Gasteiger partial charge is 0.311 e. The standard InChI is InChI=1S/C12H14O5/c1-16-9-5-2-3-6-10(9)17-12(15)8-4-7-11(13)14/h2-3,5-6H,4,7-8H2,1H3,(H,13,14). The third kappa shape index (κ3) is 4.55. The van der Waals surface area contributed by atoms with Crippen LogP contribution >= 0.6 is 0 Å². The minimum atomic E-state index is -0.921. The minimum absolute atomic E-state index is 0.0407. The van der Waals surface area contributed by atoms with Crippen molar-refractivity contribution in [3.8, 4) is 11.5 Å². The summed E-state index contributed by atoms with van der Waals surface area (Å²) in [6.07, 6.45) is 0.300. The van der Waals surface area contributed by atoms with Gasteiger partial charge in [0.1, 0.15) is 0 Å². The lowest BCUT2D eigenvalue weighted by Crippen LogP contribution is -2.09. The van der Waals surface area contributed by atoms with E-state index in [9.17, 15) is 9.59 Å². The van der Waals surface area contributed by atoms with Crippen molar-refractivity contribution in [2.75, 3.05) is 7.11 Å². The van der Waals surface area contributed by atoms with E-state index in [0.717, 1.165) is 0 Å². The lowest BCUT2D eigenvalue weighted by atomic mass is 10.2. The van der Waals surface area contributed by atoms with Crippen LogP contribution in [0.15, 0.2) is 24.3 Å². The van der Waals surface area contributed by atoms with Crippen LogP contribution in [0.3, 0.4) is 0 Å². The van der Waals surface area contributed by atoms with Crippen molar-refractivity contribution in [2.45, 2.75) is 19.3 Å². The molecule has 0 fully saturated rings. The fourth-order valence-electron chi connectivity index (χ4n) is 1.26. The van der Waals surface area contributed by atoms with Crippen LogP contribution < -0.4 is 9.47 Å². The molecule has 0 saturated carbocycles. The van der Waals surface area contributed by atoms with Gasteiger partial charge in [-0.2, -0.15) is 0 Å². The van der Waals surface area contributed by atoms with Gasteiger partial charge in [0, 0.05) is 12.8 Å². The minimum Gasteiger partial charge on any atom is -0.493 e. The zero-order chi connectivity index (χ0) is 12.7. The highest BCUT2D eigenvalue weighted by Crippen LogP contribution is 2.26. The van der Waals surface area contributed by atoms with E-state index in [1.807, 2.05) is 0 Å². The molecule has 1 aromatic rings. The molecule has 1 N–H and O–H groups in total. The van der Waals surface area contributed by atoms with Crippen molar-refractivity contribution >= 4 is 11.9 Å². The maximum atomic E-state index is 11.4. The van der Waals surface area contributed by atoms with E-state index in [1.165, 1.54) is 7.11 Å². The van der Waals surface area contributed by atoms with E-state index in [-0.39, 0.29) is 19.3 Å². The van der Waals surface area contributed by atoms with Gasteiger partial charge in [-0.1, -0.05) is 12.1 Å². The second-order valence-electron chi connectivity index (χ2n) is 3.37. The Morgan fingerprint density at radius 2 is 1.82 bits per heavy atom. The summed E-state index contributed by atoms with van der Waals surface area (Å²) >= 11 is 0. The second-order valence-corrected chi connectivity index (χ2v) is 3.37. The molecule has 5 heteroatoms. The summed E-state index contributed by atoms with van der Waals surface area (Å²) in [6, 6.07) is 6.79. The first-order chi connectivity index (χ1) is 8.13. The van der Waals surface area contributed by atoms with Crippen LogP contribution in [-0.2, 0) is 9.59 Å². The normalized spacial score (nSPS) is 9.71. The average molecular weight is 238 g/mol. The van der Waals surface area contributed by atoms with Gasteiger partial charge < -0.3 is 14.6 Å². The predicted octanol–water partition coefficient (Wildman–Crippen LogP) is 1.86. The number of carbonyl (C=O) groups is 2. The van der Waals surface area contributed by atoms with E-state index in [1.54, 1.807) is 24.3 Å². The number of carboxylic acid groups (broad SMARTS) is 1. The van der Waals surface area contributed by atoms with Gasteiger partial charge >= 0.3 is 11.9 Å². The molecule has 0 amide bonds. The maximum absolute atomic E-state index is 11.4. The molecule has 0 aromatic heterocycles. The lowest BCUT2D eigenvalue weighted by molar-refractivity contribution is -0.137. The van der Waals surface area contributed by atoms with Crippen molar-refractivity contribution in [1.82, 2.24) is 0 Å². The molecule has 0 bridgehead atoms. The highest BCUT2D eigenvalue weighted by molar-refractivity contribution is 5.74. The number of methoxy groups -OCH3 is 1. The number of carboxylic acids is 1. The molecule has 1 rings (SSSR count). The number of benzene rings is 1. The number of aliphatic carboxylic acids is 1. The molecular formula is C12H14O5. The van der Waals surface area contributed by atoms with Crippen LogP contribution in [0.25, 0.3) is 0 Å². The summed E-state index contributed by atoms with van der Waals surface area (Å²) in [5.74, 6) is -0.569. The Labute approximate surface area is 99.0 Å². The number of para-hydroxylation sites is 2. The summed E-state index contributed by atoms with van der Waals surface area (Å²) in [7, 11) is 1.48. The summed E-state index contributed by atoms with van der Waals surface area (Å²) in [4.78, 5) is 21.7. The predicted molar refractivity (Wildman–Crippen MR) is 60.1 cm³/mol. The van der Waals surface area contributed by atoms with E-state index in [0.29, 0.717) is 11.5 Å². The Bertz CT molecular complexity index is 400. The van der Waals surface area contributed by atoms with Crippen LogP contribution in [0.1, 0.15) is 19.3 Å². The quantitative estimate of drug-likeness (QED) is 0.604. The molecular weight excluding hydrogens is 224 g/mol. The largest absolute Gasteiger partial charge is 0.493 e. The SMILES string of the molecule is COc1ccccc1OC(=O)CCCC(=O)O. The summed E-state index contributed by atoms with van der Waals surface area (Å²) in [5, 5.41) is 8.43. The fraction of sp³-hybridized carbons (Fsp3) is 0.333. The van der Waals surface area contributed by atoms with Gasteiger partial charge in [0.05, 0.1) is 7.11 Å². The van der Waals surface area contributed by atoms with Crippen molar-refractivity contribution in [3.63, 3.8) is 0 Å². The van der Waals surface area contributed by atoms with Gasteiger partial charge in [-0.05, 0) is 18.6 Å². The van der Waals surface area contributed by atoms with Gasteiger partial charge in [-0.25, -0.2) is 0 Å². The second kappa shape index (κ2) is 6.52. The number of hydrogen-bond acceptors (Lipinski definition) is 4. The molecule has 0 aliphatic heterocycles. The average Bonchev–Trinajstić information content (AvgIpc) is 2.29. The van der Waals surface area contributed by atoms with Crippen LogP contribution in [0, 0.1) is 0 Å². The van der Waals surface area contributed by atoms with Gasteiger partial charge in [0.15, 0.2) is 11.5 Å². The Hall–Kier alpha value is -2.04. The van der Waals surface area contributed by atoms with Crippen LogP contribution in [0.4, 0.5) is 0 Å². The van der Waals surface area contributed by atoms with E-state index >= 15 is 0 Å². The highest BCUT2D eigenvalue weighted by atomic mass is 16.6. The molecule has 0 heterocycles. The molecule has 5 nitrogen and oxygen atoms in total. The third-order valence-electron chi connectivity index (χ3n) is 2.06. The zero-order valence-electron chi connectivity index (χ0n) is 9.51. The van der Waals surface area contributed by atoms with Gasteiger partial charge in [-0.15, -0.1) is 0 Å². The molecule has 1 aromatic carbocycles. The molecule has 0 atom stereocenters. The van der Waals surface area contributed by atoms with Crippen LogP contribution in [0.5, 0.6) is 11.5 Å². The molecule has 0 unspecified atom stereocenters. The van der Waals surface area contributed by atoms with Gasteiger partial charge in [-0.3, -0.25) is 9.59 Å². The number of rotatable bonds is 6. The molecule has 0 aliphatic carbocycles. The maximum Gasteiger partial charge on any atom is 0.311 e. The van der Waals surface area contributed by atoms with Crippen LogP contribution in [0.2, 0.25) is 0 Å². The topological polar surface area (TPSA) is 72.8 Å². The van der Waals surface area contributed by atoms with Gasteiger partial charge in [0.2, 0.25) is 0 Å². The number of hydrogen-bond donors (Lipinski definition) is 1. The third-order valence-corrected chi connectivity index (χ3v) is 2.06. The Morgan fingerprint density at radius 3 is 2.41 bits per heavy atom. The van der Waals surface area contributed by atoms with Crippen molar-refractivity contribution in [2.24, 2.45) is 0 Å². The summed E-state index contributed by atoms with van der Waals surface area (Å²) < 4.78 is 10.1. The first-order valence-electron chi connectivity index (χ1n) is 5.19. The monoisotopic (exact) mass is 238 g/mol. The molecule has 92 valence electrons. The highest BCUT2D eigenvalue weighted by Gasteiger charge is 2.09. The molecule has 0 aliphatic rings. The molecule has 0 spiro atoms. The van der Waals surface area contributed by atoms with E-state index < -0.39 is 11.9 Å². The number of carbonyl (C=O) groups excluding carboxylic acids is 1. The van der Waals surface area contributed by atoms with Gasteiger partial charge in [0.25, 0.3) is 0 Å². The Balaban J connectivity index is 2.47. The number of ether oxygens (including phenoxy) is 2. The fourth-order valence-corrected chi connectivity index (χ4v) is 1.26. The van der Waals surface area contributed by atoms with Crippen molar-refractivity contribution < 1.29 is 24.2 Å². The molecule has 0 saturated heterocycles. The summed E-state index contributed by atoms with van der Waals surface area (Å²) in [6.45, 7) is 0. The Morgan fingerprint density at radius 1 is 1.18 bits per heavy atom. The zero-order valence-corrected chi connectivity index (χ0v) is 9.51. The molecule has 17 heavy (non-hydrogen) atoms. The molecule has 0 radical (unpaired) electrons. The van der Waals surface area contributed by atoms with E-state index in [4.69, 9.17) is 14.6 Å². The van der Waals surface area contributed by atoms with Crippen molar-refractivity contribution in [3.05, 3.63) is 24.3 Å². The Kier molecular flexibility index (Phi) is 5.00. The summed E-state index contributed by atoms with van der Waals surface area (Å²) in [5.41, 5.74) is 0. The first kappa shape index (κ1) is 13.0. The number of esters is 1.